The van der Waals surface area contributed by atoms with Gasteiger partial charge in [-0.1, -0.05) is 19.8 Å². The van der Waals surface area contributed by atoms with Crippen molar-refractivity contribution in [3.8, 4) is 0 Å². The van der Waals surface area contributed by atoms with E-state index in [-0.39, 0.29) is 12.8 Å². The Morgan fingerprint density at radius 2 is 2.06 bits per heavy atom. The second kappa shape index (κ2) is 7.19. The summed E-state index contributed by atoms with van der Waals surface area (Å²) >= 11 is 0. The fourth-order valence-corrected chi connectivity index (χ4v) is 1.87. The lowest BCUT2D eigenvalue weighted by Gasteiger charge is -2.36. The number of ether oxygens (including phenoxy) is 1. The summed E-state index contributed by atoms with van der Waals surface area (Å²) in [6.07, 6.45) is 0.984. The Kier molecular flexibility index (Phi) is 6.23. The molecule has 1 saturated heterocycles. The summed E-state index contributed by atoms with van der Waals surface area (Å²) < 4.78 is 5.43. The number of aliphatic hydroxyl groups is 3. The summed E-state index contributed by atoms with van der Waals surface area (Å²) in [5, 5.41) is 31.2. The molecule has 0 aromatic heterocycles. The molecule has 0 spiro atoms. The summed E-state index contributed by atoms with van der Waals surface area (Å²) in [5.74, 6) is 0. The molecule has 5 nitrogen and oxygen atoms in total. The minimum atomic E-state index is -0.987. The highest BCUT2D eigenvalue weighted by molar-refractivity contribution is 4.84. The van der Waals surface area contributed by atoms with E-state index in [1.165, 1.54) is 0 Å². The fourth-order valence-electron chi connectivity index (χ4n) is 1.87. The Morgan fingerprint density at radius 3 is 2.69 bits per heavy atom. The predicted molar refractivity (Wildman–Crippen MR) is 59.9 cm³/mol. The van der Waals surface area contributed by atoms with Crippen molar-refractivity contribution in [1.82, 2.24) is 5.32 Å². The van der Waals surface area contributed by atoms with E-state index in [4.69, 9.17) is 9.84 Å². The molecule has 1 rings (SSSR count). The van der Waals surface area contributed by atoms with Gasteiger partial charge in [0.25, 0.3) is 0 Å². The van der Waals surface area contributed by atoms with Crippen LogP contribution in [0.2, 0.25) is 0 Å². The number of hydrogen-bond donors (Lipinski definition) is 4. The van der Waals surface area contributed by atoms with Gasteiger partial charge in [0.2, 0.25) is 0 Å². The molecule has 0 bridgehead atoms. The third-order valence-electron chi connectivity index (χ3n) is 2.90. The highest BCUT2D eigenvalue weighted by atomic mass is 16.5. The van der Waals surface area contributed by atoms with Crippen LogP contribution in [0.3, 0.4) is 0 Å². The zero-order valence-corrected chi connectivity index (χ0v) is 9.80. The molecule has 1 aliphatic heterocycles. The predicted octanol–water partition coefficient (Wildman–Crippen LogP) is -0.405. The van der Waals surface area contributed by atoms with Crippen molar-refractivity contribution in [3.63, 3.8) is 0 Å². The molecule has 1 fully saturated rings. The maximum absolute atomic E-state index is 9.57. The van der Waals surface area contributed by atoms with Crippen molar-refractivity contribution in [3.05, 3.63) is 0 Å². The number of hydrogen-bond acceptors (Lipinski definition) is 5. The van der Waals surface area contributed by atoms with Crippen LogP contribution in [-0.2, 0) is 4.74 Å². The van der Waals surface area contributed by atoms with Crippen LogP contribution in [0.4, 0.5) is 0 Å². The topological polar surface area (TPSA) is 82.0 Å². The normalized spacial score (nSPS) is 35.2. The van der Waals surface area contributed by atoms with Crippen LogP contribution in [0.5, 0.6) is 0 Å². The highest BCUT2D eigenvalue weighted by Crippen LogP contribution is 2.18. The zero-order chi connectivity index (χ0) is 12.0. The summed E-state index contributed by atoms with van der Waals surface area (Å²) in [6, 6.07) is 0. The standard InChI is InChI=1S/C11H23NO4/c1-2-3-4-5-12-10-6-8(14)11(15)9(7-13)16-10/h8-15H,2-7H2,1H3/t8-,9-,10?,11+/m1/s1. The van der Waals surface area contributed by atoms with Crippen LogP contribution >= 0.6 is 0 Å². The first-order chi connectivity index (χ1) is 7.69. The molecule has 1 heterocycles. The summed E-state index contributed by atoms with van der Waals surface area (Å²) in [7, 11) is 0. The summed E-state index contributed by atoms with van der Waals surface area (Å²) in [4.78, 5) is 0. The van der Waals surface area contributed by atoms with Crippen molar-refractivity contribution in [2.45, 2.75) is 57.1 Å². The number of nitrogens with one attached hydrogen (secondary N) is 1. The van der Waals surface area contributed by atoms with Gasteiger partial charge in [0.15, 0.2) is 0 Å². The van der Waals surface area contributed by atoms with Crippen LogP contribution in [0, 0.1) is 0 Å². The molecule has 5 heteroatoms. The molecule has 0 aromatic carbocycles. The van der Waals surface area contributed by atoms with E-state index in [1.54, 1.807) is 0 Å². The molecular formula is C11H23NO4. The van der Waals surface area contributed by atoms with Gasteiger partial charge in [0.1, 0.15) is 18.4 Å². The lowest BCUT2D eigenvalue weighted by Crippen LogP contribution is -2.53. The van der Waals surface area contributed by atoms with Gasteiger partial charge in [0.05, 0.1) is 12.7 Å². The van der Waals surface area contributed by atoms with Crippen molar-refractivity contribution >= 4 is 0 Å². The van der Waals surface area contributed by atoms with Gasteiger partial charge >= 0.3 is 0 Å². The molecule has 0 radical (unpaired) electrons. The summed E-state index contributed by atoms with van der Waals surface area (Å²) in [5.41, 5.74) is 0. The van der Waals surface area contributed by atoms with Crippen molar-refractivity contribution < 1.29 is 20.1 Å². The quantitative estimate of drug-likeness (QED) is 0.469. The number of rotatable bonds is 6. The molecular weight excluding hydrogens is 210 g/mol. The SMILES string of the molecule is CCCCCNC1C[C@@H](O)[C@H](O)[C@@H](CO)O1. The molecule has 1 unspecified atom stereocenters. The van der Waals surface area contributed by atoms with Gasteiger partial charge in [-0.05, 0) is 13.0 Å². The average molecular weight is 233 g/mol. The van der Waals surface area contributed by atoms with Crippen molar-refractivity contribution in [2.75, 3.05) is 13.2 Å². The van der Waals surface area contributed by atoms with Gasteiger partial charge < -0.3 is 20.1 Å². The van der Waals surface area contributed by atoms with Gasteiger partial charge in [-0.3, -0.25) is 5.32 Å². The van der Waals surface area contributed by atoms with E-state index in [9.17, 15) is 10.2 Å². The van der Waals surface area contributed by atoms with Gasteiger partial charge in [-0.25, -0.2) is 0 Å². The van der Waals surface area contributed by atoms with Crippen LogP contribution in [0.25, 0.3) is 0 Å². The van der Waals surface area contributed by atoms with Gasteiger partial charge in [-0.2, -0.15) is 0 Å². The van der Waals surface area contributed by atoms with E-state index < -0.39 is 18.3 Å². The Balaban J connectivity index is 2.27. The van der Waals surface area contributed by atoms with Crippen molar-refractivity contribution in [2.24, 2.45) is 0 Å². The molecule has 0 aliphatic carbocycles. The average Bonchev–Trinajstić information content (AvgIpc) is 2.29. The first-order valence-electron chi connectivity index (χ1n) is 6.04. The van der Waals surface area contributed by atoms with Crippen LogP contribution in [0.1, 0.15) is 32.6 Å². The van der Waals surface area contributed by atoms with Crippen LogP contribution in [-0.4, -0.2) is 53.0 Å². The first-order valence-corrected chi connectivity index (χ1v) is 6.04. The number of unbranched alkanes of at least 4 members (excludes halogenated alkanes) is 2. The highest BCUT2D eigenvalue weighted by Gasteiger charge is 2.35. The minimum Gasteiger partial charge on any atom is -0.394 e. The minimum absolute atomic E-state index is 0.271. The Morgan fingerprint density at radius 1 is 1.31 bits per heavy atom. The molecule has 1 aliphatic rings. The van der Waals surface area contributed by atoms with E-state index >= 15 is 0 Å². The molecule has 0 saturated carbocycles. The third kappa shape index (κ3) is 3.99. The maximum Gasteiger partial charge on any atom is 0.111 e. The van der Waals surface area contributed by atoms with Crippen LogP contribution in [0.15, 0.2) is 0 Å². The lowest BCUT2D eigenvalue weighted by molar-refractivity contribution is -0.186. The Labute approximate surface area is 96.4 Å². The van der Waals surface area contributed by atoms with Crippen molar-refractivity contribution in [1.29, 1.82) is 0 Å². The van der Waals surface area contributed by atoms with E-state index in [0.29, 0.717) is 6.42 Å². The largest absolute Gasteiger partial charge is 0.394 e. The zero-order valence-electron chi connectivity index (χ0n) is 9.80. The summed E-state index contributed by atoms with van der Waals surface area (Å²) in [6.45, 7) is 2.70. The molecule has 0 aromatic rings. The molecule has 4 N–H and O–H groups in total. The fraction of sp³-hybridized carbons (Fsp3) is 1.00. The molecule has 4 atom stereocenters. The lowest BCUT2D eigenvalue weighted by atomic mass is 10.0. The molecule has 16 heavy (non-hydrogen) atoms. The second-order valence-electron chi connectivity index (χ2n) is 4.30. The third-order valence-corrected chi connectivity index (χ3v) is 2.90. The Hall–Kier alpha value is -0.200. The van der Waals surface area contributed by atoms with Crippen LogP contribution < -0.4 is 5.32 Å². The maximum atomic E-state index is 9.57. The van der Waals surface area contributed by atoms with Gasteiger partial charge in [-0.15, -0.1) is 0 Å². The second-order valence-corrected chi connectivity index (χ2v) is 4.30. The van der Waals surface area contributed by atoms with E-state index in [0.717, 1.165) is 25.8 Å². The van der Waals surface area contributed by atoms with E-state index in [1.807, 2.05) is 0 Å². The molecule has 96 valence electrons. The Bertz CT molecular complexity index is 191. The van der Waals surface area contributed by atoms with E-state index in [2.05, 4.69) is 12.2 Å². The number of aliphatic hydroxyl groups excluding tert-OH is 3. The smallest absolute Gasteiger partial charge is 0.111 e. The first kappa shape index (κ1) is 13.9. The molecule has 0 amide bonds. The monoisotopic (exact) mass is 233 g/mol. The van der Waals surface area contributed by atoms with Gasteiger partial charge in [0, 0.05) is 6.42 Å².